The van der Waals surface area contributed by atoms with Gasteiger partial charge in [-0.1, -0.05) is 18.2 Å². The van der Waals surface area contributed by atoms with Crippen LogP contribution in [-0.2, 0) is 16.6 Å². The van der Waals surface area contributed by atoms with Gasteiger partial charge in [0.2, 0.25) is 10.0 Å². The Morgan fingerprint density at radius 1 is 1.03 bits per heavy atom. The van der Waals surface area contributed by atoms with Crippen molar-refractivity contribution in [3.8, 4) is 5.75 Å². The van der Waals surface area contributed by atoms with Gasteiger partial charge in [-0.15, -0.1) is 0 Å². The molecule has 7 heteroatoms. The fourth-order valence-corrected chi connectivity index (χ4v) is 5.22. The fraction of sp³-hybridized carbons (Fsp3) is 0.318. The highest BCUT2D eigenvalue weighted by atomic mass is 32.2. The number of methoxy groups -OCH3 is 1. The summed E-state index contributed by atoms with van der Waals surface area (Å²) in [5.41, 5.74) is 1.17. The van der Waals surface area contributed by atoms with E-state index in [1.165, 1.54) is 5.56 Å². The molecule has 2 heterocycles. The number of fused-ring (bicyclic) bond motifs is 1. The van der Waals surface area contributed by atoms with Crippen molar-refractivity contribution in [2.75, 3.05) is 32.1 Å². The van der Waals surface area contributed by atoms with Gasteiger partial charge >= 0.3 is 0 Å². The van der Waals surface area contributed by atoms with Crippen molar-refractivity contribution in [2.24, 2.45) is 0 Å². The zero-order valence-electron chi connectivity index (χ0n) is 16.8. The molecule has 1 N–H and O–H groups in total. The first-order valence-corrected chi connectivity index (χ1v) is 11.2. The van der Waals surface area contributed by atoms with E-state index in [-0.39, 0.29) is 0 Å². The number of nitrogens with zero attached hydrogens (tertiary/aromatic N) is 2. The fourth-order valence-electron chi connectivity index (χ4n) is 3.74. The minimum atomic E-state index is -3.40. The predicted octanol–water partition coefficient (Wildman–Crippen LogP) is 3.08. The normalized spacial score (nSPS) is 15.0. The van der Waals surface area contributed by atoms with Crippen molar-refractivity contribution < 1.29 is 18.1 Å². The highest BCUT2D eigenvalue weighted by Crippen LogP contribution is 2.24. The first kappa shape index (κ1) is 19.7. The third-order valence-electron chi connectivity index (χ3n) is 5.41. The van der Waals surface area contributed by atoms with E-state index in [0.717, 1.165) is 35.2 Å². The van der Waals surface area contributed by atoms with Crippen LogP contribution in [0.1, 0.15) is 18.4 Å². The molecule has 0 saturated carbocycles. The number of nitrogens with one attached hydrogen (secondary N) is 1. The van der Waals surface area contributed by atoms with E-state index in [1.54, 1.807) is 23.7 Å². The van der Waals surface area contributed by atoms with Crippen LogP contribution in [0.3, 0.4) is 0 Å². The lowest BCUT2D eigenvalue weighted by molar-refractivity contribution is -0.367. The van der Waals surface area contributed by atoms with Crippen LogP contribution >= 0.6 is 0 Å². The molecule has 0 unspecified atom stereocenters. The number of hydrogen-bond donors (Lipinski definition) is 0. The van der Waals surface area contributed by atoms with Crippen LogP contribution in [-0.4, -0.2) is 40.0 Å². The van der Waals surface area contributed by atoms with Crippen LogP contribution in [0.5, 0.6) is 5.75 Å². The Kier molecular flexibility index (Phi) is 5.43. The number of hydrogen-bond acceptors (Lipinski definition) is 4. The van der Waals surface area contributed by atoms with E-state index >= 15 is 0 Å². The van der Waals surface area contributed by atoms with Crippen LogP contribution in [0.15, 0.2) is 59.6 Å². The number of aromatic amines is 1. The van der Waals surface area contributed by atoms with Gasteiger partial charge < -0.3 is 4.74 Å². The van der Waals surface area contributed by atoms with Gasteiger partial charge in [-0.3, -0.25) is 4.90 Å². The molecule has 1 fully saturated rings. The second-order valence-corrected chi connectivity index (χ2v) is 9.36. The number of aromatic nitrogens is 1. The molecule has 0 amide bonds. The van der Waals surface area contributed by atoms with Crippen molar-refractivity contribution >= 4 is 26.6 Å². The van der Waals surface area contributed by atoms with Gasteiger partial charge in [0, 0.05) is 19.2 Å². The van der Waals surface area contributed by atoms with Crippen LogP contribution in [0.4, 0.5) is 5.82 Å². The molecule has 2 aromatic carbocycles. The third kappa shape index (κ3) is 4.06. The van der Waals surface area contributed by atoms with Crippen molar-refractivity contribution in [3.63, 3.8) is 0 Å². The van der Waals surface area contributed by atoms with Crippen LogP contribution in [0, 0.1) is 0 Å². The summed E-state index contributed by atoms with van der Waals surface area (Å²) in [6.07, 6.45) is 3.46. The van der Waals surface area contributed by atoms with E-state index in [1.807, 2.05) is 25.2 Å². The summed E-state index contributed by atoms with van der Waals surface area (Å²) in [5, 5.41) is 2.30. The number of anilines is 1. The first-order chi connectivity index (χ1) is 14.0. The summed E-state index contributed by atoms with van der Waals surface area (Å²) in [6.45, 7) is 1.92. The molecule has 0 aliphatic carbocycles. The molecule has 3 aromatic rings. The van der Waals surface area contributed by atoms with Crippen molar-refractivity contribution in [1.82, 2.24) is 4.31 Å². The molecule has 0 bridgehead atoms. The molecule has 0 spiro atoms. The zero-order chi connectivity index (χ0) is 20.4. The number of sulfonamides is 1. The zero-order valence-corrected chi connectivity index (χ0v) is 17.6. The molecule has 1 aromatic heterocycles. The van der Waals surface area contributed by atoms with Gasteiger partial charge in [0.1, 0.15) is 23.4 Å². The summed E-state index contributed by atoms with van der Waals surface area (Å²) in [7, 11) is 0.257. The van der Waals surface area contributed by atoms with Crippen LogP contribution in [0.2, 0.25) is 0 Å². The molecule has 29 heavy (non-hydrogen) atoms. The number of rotatable bonds is 6. The topological polar surface area (TPSA) is 64.0 Å². The average molecular weight is 413 g/mol. The largest absolute Gasteiger partial charge is 0.497 e. The van der Waals surface area contributed by atoms with E-state index in [0.29, 0.717) is 24.5 Å². The Labute approximate surface area is 171 Å². The Hall–Kier alpha value is -2.64. The summed E-state index contributed by atoms with van der Waals surface area (Å²) in [4.78, 5) is 5.52. The highest BCUT2D eigenvalue weighted by molar-refractivity contribution is 7.89. The molecule has 0 radical (unpaired) electrons. The highest BCUT2D eigenvalue weighted by Gasteiger charge is 2.28. The Balaban J connectivity index is 1.49. The predicted molar refractivity (Wildman–Crippen MR) is 114 cm³/mol. The molecule has 0 atom stereocenters. The number of H-pyrrole nitrogens is 1. The summed E-state index contributed by atoms with van der Waals surface area (Å²) >= 11 is 0. The summed E-state index contributed by atoms with van der Waals surface area (Å²) in [6, 6.07) is 15.9. The Bertz CT molecular complexity index is 1110. The van der Waals surface area contributed by atoms with Gasteiger partial charge in [0.15, 0.2) is 0 Å². The minimum Gasteiger partial charge on any atom is -0.497 e. The summed E-state index contributed by atoms with van der Waals surface area (Å²) < 4.78 is 32.2. The van der Waals surface area contributed by atoms with Gasteiger partial charge in [-0.2, -0.15) is 4.31 Å². The maximum absolute atomic E-state index is 12.7. The summed E-state index contributed by atoms with van der Waals surface area (Å²) in [5.74, 6) is 1.71. The van der Waals surface area contributed by atoms with E-state index in [4.69, 9.17) is 4.74 Å². The second-order valence-electron chi connectivity index (χ2n) is 7.42. The smallest absolute Gasteiger partial charge is 0.274 e. The number of ether oxygens (including phenoxy) is 1. The average Bonchev–Trinajstić information content (AvgIpc) is 3.29. The van der Waals surface area contributed by atoms with Gasteiger partial charge in [0.05, 0.1) is 14.2 Å². The molecule has 1 saturated heterocycles. The lowest BCUT2D eigenvalue weighted by atomic mass is 10.1. The lowest BCUT2D eigenvalue weighted by Crippen LogP contribution is -2.30. The Morgan fingerprint density at radius 2 is 1.76 bits per heavy atom. The quantitative estimate of drug-likeness (QED) is 0.624. The molecule has 1 aliphatic heterocycles. The van der Waals surface area contributed by atoms with E-state index < -0.39 is 10.0 Å². The number of pyridine rings is 1. The molecule has 1 aliphatic rings. The monoisotopic (exact) mass is 412 g/mol. The van der Waals surface area contributed by atoms with Gasteiger partial charge in [0.25, 0.3) is 5.82 Å². The van der Waals surface area contributed by atoms with E-state index in [2.05, 4.69) is 34.1 Å². The maximum atomic E-state index is 12.7. The third-order valence-corrected chi connectivity index (χ3v) is 7.31. The lowest BCUT2D eigenvalue weighted by Gasteiger charge is -2.16. The second kappa shape index (κ2) is 8.00. The van der Waals surface area contributed by atoms with Crippen molar-refractivity contribution in [2.45, 2.75) is 24.3 Å². The standard InChI is InChI=1S/C22H25N3O3S/c1-24(16-17-5-6-19-14-20(28-2)8-7-18(19)13-17)22-10-9-21(15-23-22)29(26,27)25-11-3-4-12-25/h5-10,13-15H,3-4,11-12,16H2,1-2H3/p+1. The molecule has 6 nitrogen and oxygen atoms in total. The van der Waals surface area contributed by atoms with Crippen LogP contribution in [0.25, 0.3) is 10.8 Å². The van der Waals surface area contributed by atoms with E-state index in [9.17, 15) is 8.42 Å². The minimum absolute atomic E-state index is 0.316. The van der Waals surface area contributed by atoms with Crippen molar-refractivity contribution in [3.05, 3.63) is 60.3 Å². The van der Waals surface area contributed by atoms with Gasteiger partial charge in [-0.05, 0) is 53.4 Å². The van der Waals surface area contributed by atoms with Crippen LogP contribution < -0.4 is 14.6 Å². The van der Waals surface area contributed by atoms with Crippen molar-refractivity contribution in [1.29, 1.82) is 0 Å². The molecule has 152 valence electrons. The Morgan fingerprint density at radius 3 is 2.45 bits per heavy atom. The first-order valence-electron chi connectivity index (χ1n) is 9.77. The van der Waals surface area contributed by atoms with Gasteiger partial charge in [-0.25, -0.2) is 13.4 Å². The molecular formula is C22H26N3O3S+. The molecular weight excluding hydrogens is 386 g/mol. The SMILES string of the molecule is COc1ccc2cc(CN(C)c3ccc(S(=O)(=O)N4CCCC4)c[nH+]3)ccc2c1. The number of benzene rings is 2. The molecule has 4 rings (SSSR count). The maximum Gasteiger partial charge on any atom is 0.274 e.